The van der Waals surface area contributed by atoms with Crippen LogP contribution >= 0.6 is 0 Å². The Labute approximate surface area is 76.6 Å². The van der Waals surface area contributed by atoms with E-state index in [0.717, 1.165) is 6.29 Å². The van der Waals surface area contributed by atoms with Gasteiger partial charge in [-0.1, -0.05) is 0 Å². The first-order valence-electron chi connectivity index (χ1n) is 4.18. The first-order chi connectivity index (χ1) is 6.01. The number of rotatable bonds is 4. The van der Waals surface area contributed by atoms with Gasteiger partial charge in [-0.15, -0.1) is 0 Å². The first kappa shape index (κ1) is 9.89. The predicted molar refractivity (Wildman–Crippen MR) is 47.4 cm³/mol. The van der Waals surface area contributed by atoms with Gasteiger partial charge in [0.2, 0.25) is 0 Å². The van der Waals surface area contributed by atoms with Gasteiger partial charge in [0.1, 0.15) is 5.67 Å². The molecule has 0 bridgehead atoms. The van der Waals surface area contributed by atoms with Crippen LogP contribution < -0.4 is 0 Å². The minimum absolute atomic E-state index is 0.396. The number of aromatic nitrogens is 2. The van der Waals surface area contributed by atoms with Gasteiger partial charge in [-0.3, -0.25) is 9.48 Å². The largest absolute Gasteiger partial charge is 0.298 e. The van der Waals surface area contributed by atoms with Gasteiger partial charge in [0.25, 0.3) is 0 Å². The van der Waals surface area contributed by atoms with Crippen molar-refractivity contribution in [1.82, 2.24) is 9.78 Å². The van der Waals surface area contributed by atoms with Gasteiger partial charge in [-0.25, -0.2) is 4.39 Å². The van der Waals surface area contributed by atoms with Gasteiger partial charge in [0, 0.05) is 19.2 Å². The van der Waals surface area contributed by atoms with E-state index >= 15 is 0 Å². The third kappa shape index (κ3) is 3.36. The second kappa shape index (κ2) is 3.68. The van der Waals surface area contributed by atoms with Crippen molar-refractivity contribution in [3.8, 4) is 0 Å². The summed E-state index contributed by atoms with van der Waals surface area (Å²) in [6, 6.07) is 0. The van der Waals surface area contributed by atoms with Gasteiger partial charge in [0.05, 0.1) is 11.8 Å². The van der Waals surface area contributed by atoms with E-state index in [1.807, 2.05) is 0 Å². The Morgan fingerprint density at radius 1 is 1.69 bits per heavy atom. The summed E-state index contributed by atoms with van der Waals surface area (Å²) >= 11 is 0. The molecule has 0 aliphatic carbocycles. The van der Waals surface area contributed by atoms with Crippen molar-refractivity contribution in [2.45, 2.75) is 32.5 Å². The van der Waals surface area contributed by atoms with Crippen LogP contribution in [-0.2, 0) is 6.54 Å². The van der Waals surface area contributed by atoms with E-state index in [0.29, 0.717) is 18.5 Å². The van der Waals surface area contributed by atoms with Gasteiger partial charge in [-0.2, -0.15) is 5.10 Å². The molecule has 0 radical (unpaired) electrons. The zero-order valence-corrected chi connectivity index (χ0v) is 7.83. The number of carbonyl (C=O) groups excluding carboxylic acids is 1. The zero-order valence-electron chi connectivity index (χ0n) is 7.83. The maximum atomic E-state index is 13.1. The molecule has 1 heterocycles. The molecular formula is C9H13FN2O. The Hall–Kier alpha value is -1.19. The maximum Gasteiger partial charge on any atom is 0.153 e. The molecule has 0 saturated carbocycles. The van der Waals surface area contributed by atoms with Crippen LogP contribution in [-0.4, -0.2) is 21.7 Å². The van der Waals surface area contributed by atoms with Gasteiger partial charge in [0.15, 0.2) is 6.29 Å². The summed E-state index contributed by atoms with van der Waals surface area (Å²) in [6.07, 6.45) is 4.20. The molecule has 0 fully saturated rings. The average Bonchev–Trinajstić information content (AvgIpc) is 2.47. The van der Waals surface area contributed by atoms with Crippen LogP contribution in [0.2, 0.25) is 0 Å². The number of aldehydes is 1. The molecule has 0 aliphatic heterocycles. The molecule has 72 valence electrons. The molecule has 0 aliphatic rings. The fourth-order valence-electron chi connectivity index (χ4n) is 0.943. The molecule has 0 unspecified atom stereocenters. The lowest BCUT2D eigenvalue weighted by atomic mass is 10.1. The van der Waals surface area contributed by atoms with Gasteiger partial charge in [-0.05, 0) is 13.8 Å². The molecule has 0 N–H and O–H groups in total. The lowest BCUT2D eigenvalue weighted by Gasteiger charge is -2.12. The first-order valence-corrected chi connectivity index (χ1v) is 4.18. The monoisotopic (exact) mass is 184 g/mol. The van der Waals surface area contributed by atoms with Crippen LogP contribution in [0.1, 0.15) is 30.6 Å². The normalized spacial score (nSPS) is 11.6. The van der Waals surface area contributed by atoms with Crippen LogP contribution in [0, 0.1) is 0 Å². The second-order valence-corrected chi connectivity index (χ2v) is 3.62. The molecule has 1 aromatic rings. The third-order valence-electron chi connectivity index (χ3n) is 1.72. The number of alkyl halides is 1. The molecule has 0 atom stereocenters. The summed E-state index contributed by atoms with van der Waals surface area (Å²) in [4.78, 5) is 10.3. The number of halogens is 1. The third-order valence-corrected chi connectivity index (χ3v) is 1.72. The van der Waals surface area contributed by atoms with Crippen molar-refractivity contribution >= 4 is 6.29 Å². The van der Waals surface area contributed by atoms with Crippen molar-refractivity contribution in [2.75, 3.05) is 0 Å². The summed E-state index contributed by atoms with van der Waals surface area (Å²) in [5.74, 6) is 0. The molecule has 1 aromatic heterocycles. The highest BCUT2D eigenvalue weighted by Gasteiger charge is 2.15. The Kier molecular flexibility index (Phi) is 2.80. The lowest BCUT2D eigenvalue weighted by molar-refractivity contribution is 0.112. The smallest absolute Gasteiger partial charge is 0.153 e. The topological polar surface area (TPSA) is 34.9 Å². The zero-order chi connectivity index (χ0) is 9.90. The molecular weight excluding hydrogens is 171 g/mol. The Balaban J connectivity index is 2.50. The highest BCUT2D eigenvalue weighted by molar-refractivity contribution is 5.73. The minimum Gasteiger partial charge on any atom is -0.298 e. The number of carbonyl (C=O) groups is 1. The van der Waals surface area contributed by atoms with E-state index in [4.69, 9.17) is 0 Å². The Morgan fingerprint density at radius 2 is 2.38 bits per heavy atom. The summed E-state index contributed by atoms with van der Waals surface area (Å²) in [5.41, 5.74) is -0.663. The SMILES string of the molecule is CC(C)(F)CCn1cc(C=O)cn1. The van der Waals surface area contributed by atoms with Gasteiger partial charge < -0.3 is 0 Å². The van der Waals surface area contributed by atoms with Crippen molar-refractivity contribution in [3.05, 3.63) is 18.0 Å². The summed E-state index contributed by atoms with van der Waals surface area (Å²) in [7, 11) is 0. The van der Waals surface area contributed by atoms with Crippen LogP contribution in [0.3, 0.4) is 0 Å². The van der Waals surface area contributed by atoms with E-state index in [2.05, 4.69) is 5.10 Å². The lowest BCUT2D eigenvalue weighted by Crippen LogP contribution is -2.15. The number of hydrogen-bond acceptors (Lipinski definition) is 2. The average molecular weight is 184 g/mol. The fourth-order valence-corrected chi connectivity index (χ4v) is 0.943. The Morgan fingerprint density at radius 3 is 2.85 bits per heavy atom. The van der Waals surface area contributed by atoms with Crippen molar-refractivity contribution in [3.63, 3.8) is 0 Å². The summed E-state index contributed by atoms with van der Waals surface area (Å²) in [6.45, 7) is 3.55. The molecule has 0 saturated heterocycles. The molecule has 1 rings (SSSR count). The van der Waals surface area contributed by atoms with Crippen molar-refractivity contribution < 1.29 is 9.18 Å². The maximum absolute atomic E-state index is 13.1. The quantitative estimate of drug-likeness (QED) is 0.669. The second-order valence-electron chi connectivity index (χ2n) is 3.62. The van der Waals surface area contributed by atoms with Crippen LogP contribution in [0.15, 0.2) is 12.4 Å². The number of aryl methyl sites for hydroxylation is 1. The standard InChI is InChI=1S/C9H13FN2O/c1-9(2,10)3-4-12-6-8(7-13)5-11-12/h5-7H,3-4H2,1-2H3. The predicted octanol–water partition coefficient (Wildman–Crippen LogP) is 1.83. The number of hydrogen-bond donors (Lipinski definition) is 0. The van der Waals surface area contributed by atoms with Crippen molar-refractivity contribution in [1.29, 1.82) is 0 Å². The Bertz CT molecular complexity index is 288. The fraction of sp³-hybridized carbons (Fsp3) is 0.556. The molecule has 0 amide bonds. The van der Waals surface area contributed by atoms with E-state index in [1.54, 1.807) is 10.9 Å². The summed E-state index contributed by atoms with van der Waals surface area (Å²) in [5, 5.41) is 3.91. The molecule has 0 spiro atoms. The van der Waals surface area contributed by atoms with Crippen molar-refractivity contribution in [2.24, 2.45) is 0 Å². The van der Waals surface area contributed by atoms with Gasteiger partial charge >= 0.3 is 0 Å². The highest BCUT2D eigenvalue weighted by atomic mass is 19.1. The molecule has 13 heavy (non-hydrogen) atoms. The van der Waals surface area contributed by atoms with E-state index in [9.17, 15) is 9.18 Å². The van der Waals surface area contributed by atoms with E-state index < -0.39 is 5.67 Å². The summed E-state index contributed by atoms with van der Waals surface area (Å²) < 4.78 is 14.6. The van der Waals surface area contributed by atoms with E-state index in [-0.39, 0.29) is 0 Å². The minimum atomic E-state index is -1.19. The van der Waals surface area contributed by atoms with E-state index in [1.165, 1.54) is 20.0 Å². The van der Waals surface area contributed by atoms with Crippen LogP contribution in [0.5, 0.6) is 0 Å². The highest BCUT2D eigenvalue weighted by Crippen LogP contribution is 2.14. The molecule has 3 nitrogen and oxygen atoms in total. The van der Waals surface area contributed by atoms with Crippen LogP contribution in [0.25, 0.3) is 0 Å². The molecule has 4 heteroatoms. The van der Waals surface area contributed by atoms with Crippen LogP contribution in [0.4, 0.5) is 4.39 Å². The molecule has 0 aromatic carbocycles. The number of nitrogens with zero attached hydrogens (tertiary/aromatic N) is 2.